The van der Waals surface area contributed by atoms with Gasteiger partial charge in [0.05, 0.1) is 17.1 Å². The van der Waals surface area contributed by atoms with Crippen LogP contribution in [0.4, 0.5) is 0 Å². The Morgan fingerprint density at radius 3 is 2.70 bits per heavy atom. The fourth-order valence-electron chi connectivity index (χ4n) is 5.43. The number of para-hydroxylation sites is 1. The Morgan fingerprint density at radius 1 is 1.13 bits per heavy atom. The molecule has 0 radical (unpaired) electrons. The van der Waals surface area contributed by atoms with Crippen LogP contribution in [0, 0.1) is 11.8 Å². The third-order valence-electron chi connectivity index (χ3n) is 7.04. The van der Waals surface area contributed by atoms with E-state index < -0.39 is 0 Å². The molecule has 4 heteroatoms. The molecule has 30 heavy (non-hydrogen) atoms. The quantitative estimate of drug-likeness (QED) is 0.549. The first-order chi connectivity index (χ1) is 14.7. The number of fused-ring (bicyclic) bond motifs is 4. The smallest absolute Gasteiger partial charge is 0.338 e. The van der Waals surface area contributed by atoms with E-state index in [2.05, 4.69) is 22.9 Å². The van der Waals surface area contributed by atoms with Gasteiger partial charge in [-0.3, -0.25) is 9.88 Å². The zero-order valence-corrected chi connectivity index (χ0v) is 17.4. The number of hydrogen-bond acceptors (Lipinski definition) is 4. The monoisotopic (exact) mass is 400 g/mol. The van der Waals surface area contributed by atoms with Gasteiger partial charge in [-0.05, 0) is 55.5 Å². The van der Waals surface area contributed by atoms with Crippen LogP contribution in [0.1, 0.15) is 48.2 Å². The van der Waals surface area contributed by atoms with Crippen molar-refractivity contribution in [3.8, 4) is 0 Å². The average molecular weight is 401 g/mol. The minimum absolute atomic E-state index is 0.213. The summed E-state index contributed by atoms with van der Waals surface area (Å²) in [5.41, 5.74) is 2.61. The maximum atomic E-state index is 13.1. The van der Waals surface area contributed by atoms with Gasteiger partial charge in [0.15, 0.2) is 0 Å². The summed E-state index contributed by atoms with van der Waals surface area (Å²) in [5.74, 6) is 1.22. The number of nitrogens with zero attached hydrogens (tertiary/aromatic N) is 2. The van der Waals surface area contributed by atoms with E-state index >= 15 is 0 Å². The predicted molar refractivity (Wildman–Crippen MR) is 118 cm³/mol. The van der Waals surface area contributed by atoms with Crippen LogP contribution in [0.15, 0.2) is 66.9 Å². The number of pyridine rings is 1. The highest BCUT2D eigenvalue weighted by Gasteiger charge is 2.44. The molecule has 154 valence electrons. The molecule has 4 heterocycles. The predicted octanol–water partition coefficient (Wildman–Crippen LogP) is 5.25. The van der Waals surface area contributed by atoms with Crippen LogP contribution in [0.25, 0.3) is 10.9 Å². The van der Waals surface area contributed by atoms with E-state index in [1.165, 1.54) is 12.8 Å². The van der Waals surface area contributed by atoms with Crippen molar-refractivity contribution in [1.82, 2.24) is 9.88 Å². The molecule has 2 bridgehead atoms. The molecule has 0 amide bonds. The zero-order chi connectivity index (χ0) is 20.5. The first-order valence-corrected chi connectivity index (χ1v) is 11.1. The second kappa shape index (κ2) is 8.19. The summed E-state index contributed by atoms with van der Waals surface area (Å²) in [6.07, 6.45) is 5.10. The highest BCUT2D eigenvalue weighted by Crippen LogP contribution is 2.44. The lowest BCUT2D eigenvalue weighted by Gasteiger charge is -2.51. The summed E-state index contributed by atoms with van der Waals surface area (Å²) >= 11 is 0. The Bertz CT molecular complexity index is 1030. The Labute approximate surface area is 177 Å². The Balaban J connectivity index is 1.54. The molecule has 1 aromatic heterocycles. The van der Waals surface area contributed by atoms with Gasteiger partial charge in [-0.2, -0.15) is 0 Å². The maximum absolute atomic E-state index is 13.1. The van der Waals surface area contributed by atoms with Gasteiger partial charge in [0, 0.05) is 23.7 Å². The minimum atomic E-state index is -0.300. The Hall–Kier alpha value is -2.72. The van der Waals surface area contributed by atoms with E-state index in [4.69, 9.17) is 4.74 Å². The van der Waals surface area contributed by atoms with Crippen molar-refractivity contribution in [3.63, 3.8) is 0 Å². The molecule has 3 aromatic rings. The van der Waals surface area contributed by atoms with Crippen LogP contribution in [-0.4, -0.2) is 35.0 Å². The normalized spacial score (nSPS) is 26.4. The van der Waals surface area contributed by atoms with Crippen molar-refractivity contribution in [1.29, 1.82) is 0 Å². The molecule has 3 aliphatic rings. The van der Waals surface area contributed by atoms with Gasteiger partial charge in [0.1, 0.15) is 6.10 Å². The van der Waals surface area contributed by atoms with E-state index in [1.807, 2.05) is 60.8 Å². The molecule has 0 saturated carbocycles. The standard InChI is InChI=1S/C26H28N2O2/c1-2-18-17-28-15-13-20(18)16-24(28)25(30-26(29)19-8-4-3-5-9-19)22-12-14-27-23-11-7-6-10-21(22)23/h3-12,14,18,20,24-25H,2,13,15-17H2,1H3/t18?,20?,24?,25-/m1/s1. The molecule has 3 saturated heterocycles. The van der Waals surface area contributed by atoms with E-state index in [9.17, 15) is 4.79 Å². The van der Waals surface area contributed by atoms with Crippen LogP contribution in [0.5, 0.6) is 0 Å². The topological polar surface area (TPSA) is 42.4 Å². The second-order valence-corrected chi connectivity index (χ2v) is 8.62. The minimum Gasteiger partial charge on any atom is -0.452 e. The van der Waals surface area contributed by atoms with Crippen LogP contribution in [0.2, 0.25) is 0 Å². The summed E-state index contributed by atoms with van der Waals surface area (Å²) in [4.78, 5) is 20.2. The first kappa shape index (κ1) is 19.3. The number of hydrogen-bond donors (Lipinski definition) is 0. The number of benzene rings is 2. The van der Waals surface area contributed by atoms with Crippen LogP contribution in [0.3, 0.4) is 0 Å². The summed E-state index contributed by atoms with van der Waals surface area (Å²) in [6, 6.07) is 19.7. The molecule has 3 aliphatic heterocycles. The fourth-order valence-corrected chi connectivity index (χ4v) is 5.43. The molecule has 6 rings (SSSR count). The maximum Gasteiger partial charge on any atom is 0.338 e. The number of rotatable bonds is 5. The second-order valence-electron chi connectivity index (χ2n) is 8.62. The summed E-state index contributed by atoms with van der Waals surface area (Å²) in [5, 5.41) is 1.07. The summed E-state index contributed by atoms with van der Waals surface area (Å²) in [7, 11) is 0. The zero-order valence-electron chi connectivity index (χ0n) is 17.4. The molecular weight excluding hydrogens is 372 g/mol. The largest absolute Gasteiger partial charge is 0.452 e. The number of carbonyl (C=O) groups is 1. The SMILES string of the molecule is CCC1CN2CCC1CC2[C@H](OC(=O)c1ccccc1)c1ccnc2ccccc12. The van der Waals surface area contributed by atoms with Gasteiger partial charge in [0.2, 0.25) is 0 Å². The van der Waals surface area contributed by atoms with Crippen molar-refractivity contribution in [3.05, 3.63) is 78.0 Å². The number of esters is 1. The van der Waals surface area contributed by atoms with Crippen molar-refractivity contribution in [2.45, 2.75) is 38.3 Å². The van der Waals surface area contributed by atoms with E-state index in [0.717, 1.165) is 47.8 Å². The third-order valence-corrected chi connectivity index (χ3v) is 7.04. The highest BCUT2D eigenvalue weighted by atomic mass is 16.5. The van der Waals surface area contributed by atoms with Crippen molar-refractivity contribution in [2.24, 2.45) is 11.8 Å². The van der Waals surface area contributed by atoms with E-state index in [-0.39, 0.29) is 18.1 Å². The van der Waals surface area contributed by atoms with Gasteiger partial charge in [-0.1, -0.05) is 49.7 Å². The third kappa shape index (κ3) is 3.50. The fraction of sp³-hybridized carbons (Fsp3) is 0.385. The number of piperidine rings is 3. The highest BCUT2D eigenvalue weighted by molar-refractivity contribution is 5.90. The van der Waals surface area contributed by atoms with Crippen LogP contribution < -0.4 is 0 Å². The Morgan fingerprint density at radius 2 is 1.93 bits per heavy atom. The van der Waals surface area contributed by atoms with Gasteiger partial charge in [-0.25, -0.2) is 4.79 Å². The molecule has 0 N–H and O–H groups in total. The van der Waals surface area contributed by atoms with Gasteiger partial charge in [0.25, 0.3) is 0 Å². The average Bonchev–Trinajstić information content (AvgIpc) is 2.83. The molecule has 4 unspecified atom stereocenters. The van der Waals surface area contributed by atoms with Crippen molar-refractivity contribution in [2.75, 3.05) is 13.1 Å². The lowest BCUT2D eigenvalue weighted by atomic mass is 9.72. The van der Waals surface area contributed by atoms with Crippen LogP contribution >= 0.6 is 0 Å². The molecule has 5 atom stereocenters. The first-order valence-electron chi connectivity index (χ1n) is 11.1. The Kier molecular flexibility index (Phi) is 5.26. The molecule has 3 fully saturated rings. The molecule has 2 aromatic carbocycles. The summed E-state index contributed by atoms with van der Waals surface area (Å²) in [6.45, 7) is 4.49. The molecule has 4 nitrogen and oxygen atoms in total. The number of carbonyl (C=O) groups excluding carboxylic acids is 1. The van der Waals surface area contributed by atoms with E-state index in [0.29, 0.717) is 5.56 Å². The van der Waals surface area contributed by atoms with Gasteiger partial charge < -0.3 is 4.74 Å². The number of aromatic nitrogens is 1. The molecule has 0 aliphatic carbocycles. The van der Waals surface area contributed by atoms with Gasteiger partial charge >= 0.3 is 5.97 Å². The lowest BCUT2D eigenvalue weighted by Crippen LogP contribution is -2.55. The summed E-state index contributed by atoms with van der Waals surface area (Å²) < 4.78 is 6.28. The lowest BCUT2D eigenvalue weighted by molar-refractivity contribution is -0.0659. The molecular formula is C26H28N2O2. The van der Waals surface area contributed by atoms with Crippen molar-refractivity contribution < 1.29 is 9.53 Å². The van der Waals surface area contributed by atoms with Crippen LogP contribution in [-0.2, 0) is 4.74 Å². The number of ether oxygens (including phenoxy) is 1. The van der Waals surface area contributed by atoms with Crippen molar-refractivity contribution >= 4 is 16.9 Å². The van der Waals surface area contributed by atoms with Gasteiger partial charge in [-0.15, -0.1) is 0 Å². The van der Waals surface area contributed by atoms with E-state index in [1.54, 1.807) is 0 Å². The molecule has 0 spiro atoms.